The lowest BCUT2D eigenvalue weighted by atomic mass is 9.91. The summed E-state index contributed by atoms with van der Waals surface area (Å²) in [5.41, 5.74) is 3.00. The second kappa shape index (κ2) is 7.46. The molecular formula is C25H28N2O3. The minimum Gasteiger partial charge on any atom is -0.496 e. The molecule has 156 valence electrons. The van der Waals surface area contributed by atoms with E-state index in [1.807, 2.05) is 24.1 Å². The summed E-state index contributed by atoms with van der Waals surface area (Å²) in [6.07, 6.45) is 6.09. The third kappa shape index (κ3) is 3.47. The topological polar surface area (TPSA) is 55.6 Å². The molecule has 5 heteroatoms. The summed E-state index contributed by atoms with van der Waals surface area (Å²) in [5, 5.41) is 2.29. The number of benzene rings is 1. The van der Waals surface area contributed by atoms with Crippen molar-refractivity contribution in [1.82, 2.24) is 9.88 Å². The molecule has 0 bridgehead atoms. The first-order chi connectivity index (χ1) is 14.5. The summed E-state index contributed by atoms with van der Waals surface area (Å²) in [6.45, 7) is 5.50. The number of fused-ring (bicyclic) bond motifs is 1. The second-order valence-corrected chi connectivity index (χ2v) is 8.75. The number of pyridine rings is 1. The van der Waals surface area contributed by atoms with Crippen LogP contribution < -0.4 is 4.74 Å². The summed E-state index contributed by atoms with van der Waals surface area (Å²) in [5.74, 6) is 3.58. The van der Waals surface area contributed by atoms with Gasteiger partial charge in [-0.15, -0.1) is 0 Å². The van der Waals surface area contributed by atoms with Gasteiger partial charge in [0.1, 0.15) is 17.3 Å². The van der Waals surface area contributed by atoms with Crippen LogP contribution in [0.1, 0.15) is 70.7 Å². The highest BCUT2D eigenvalue weighted by Gasteiger charge is 2.34. The SMILES string of the molecule is COc1cc2cc(C3CCN(C(=O)c4cc(C)oc4C4CC4)CC3)ncc2cc1C. The summed E-state index contributed by atoms with van der Waals surface area (Å²) in [7, 11) is 1.71. The maximum absolute atomic E-state index is 13.1. The van der Waals surface area contributed by atoms with Crippen LogP contribution in [0, 0.1) is 13.8 Å². The molecule has 0 radical (unpaired) electrons. The van der Waals surface area contributed by atoms with E-state index in [2.05, 4.69) is 25.1 Å². The summed E-state index contributed by atoms with van der Waals surface area (Å²) in [6, 6.07) is 8.32. The van der Waals surface area contributed by atoms with Gasteiger partial charge in [0.25, 0.3) is 5.91 Å². The Morgan fingerprint density at radius 3 is 2.50 bits per heavy atom. The fourth-order valence-corrected chi connectivity index (χ4v) is 4.64. The lowest BCUT2D eigenvalue weighted by molar-refractivity contribution is 0.0709. The van der Waals surface area contributed by atoms with E-state index in [-0.39, 0.29) is 5.91 Å². The molecule has 1 aliphatic carbocycles. The number of piperidine rings is 1. The first-order valence-corrected chi connectivity index (χ1v) is 10.9. The van der Waals surface area contributed by atoms with Gasteiger partial charge in [-0.25, -0.2) is 0 Å². The molecule has 3 heterocycles. The van der Waals surface area contributed by atoms with Crippen molar-refractivity contribution in [2.75, 3.05) is 20.2 Å². The molecule has 5 rings (SSSR count). The Labute approximate surface area is 177 Å². The number of amides is 1. The molecule has 0 unspecified atom stereocenters. The predicted octanol–water partition coefficient (Wildman–Crippen LogP) is 5.35. The lowest BCUT2D eigenvalue weighted by Crippen LogP contribution is -2.38. The third-order valence-electron chi connectivity index (χ3n) is 6.52. The average Bonchev–Trinajstić information content (AvgIpc) is 3.54. The Hall–Kier alpha value is -2.82. The van der Waals surface area contributed by atoms with E-state index in [0.717, 1.165) is 83.6 Å². The molecule has 1 amide bonds. The number of likely N-dealkylation sites (tertiary alicyclic amines) is 1. The van der Waals surface area contributed by atoms with Crippen LogP contribution in [-0.4, -0.2) is 36.0 Å². The van der Waals surface area contributed by atoms with Crippen LogP contribution in [0.2, 0.25) is 0 Å². The van der Waals surface area contributed by atoms with Gasteiger partial charge in [0, 0.05) is 42.2 Å². The van der Waals surface area contributed by atoms with Crippen molar-refractivity contribution in [3.8, 4) is 5.75 Å². The molecule has 1 saturated heterocycles. The Bertz CT molecular complexity index is 1110. The predicted molar refractivity (Wildman–Crippen MR) is 116 cm³/mol. The van der Waals surface area contributed by atoms with Crippen LogP contribution in [0.4, 0.5) is 0 Å². The molecule has 0 N–H and O–H groups in total. The molecule has 5 nitrogen and oxygen atoms in total. The molecule has 1 saturated carbocycles. The zero-order valence-electron chi connectivity index (χ0n) is 17.9. The average molecular weight is 405 g/mol. The van der Waals surface area contributed by atoms with Gasteiger partial charge in [-0.1, -0.05) is 0 Å². The Kier molecular flexibility index (Phi) is 4.76. The maximum atomic E-state index is 13.1. The van der Waals surface area contributed by atoms with Gasteiger partial charge in [-0.05, 0) is 74.7 Å². The van der Waals surface area contributed by atoms with E-state index in [4.69, 9.17) is 14.1 Å². The number of aryl methyl sites for hydroxylation is 2. The van der Waals surface area contributed by atoms with Crippen molar-refractivity contribution in [3.05, 3.63) is 58.8 Å². The number of hydrogen-bond acceptors (Lipinski definition) is 4. The number of furan rings is 1. The maximum Gasteiger partial charge on any atom is 0.257 e. The zero-order chi connectivity index (χ0) is 20.8. The van der Waals surface area contributed by atoms with Crippen LogP contribution in [-0.2, 0) is 0 Å². The first-order valence-electron chi connectivity index (χ1n) is 10.9. The largest absolute Gasteiger partial charge is 0.496 e. The zero-order valence-corrected chi connectivity index (χ0v) is 17.9. The van der Waals surface area contributed by atoms with Crippen LogP contribution >= 0.6 is 0 Å². The number of hydrogen-bond donors (Lipinski definition) is 0. The second-order valence-electron chi connectivity index (χ2n) is 8.75. The first kappa shape index (κ1) is 19.2. The molecular weight excluding hydrogens is 376 g/mol. The van der Waals surface area contributed by atoms with Gasteiger partial charge in [0.05, 0.1) is 12.7 Å². The van der Waals surface area contributed by atoms with Crippen molar-refractivity contribution in [2.24, 2.45) is 0 Å². The number of carbonyl (C=O) groups excluding carboxylic acids is 1. The van der Waals surface area contributed by atoms with Crippen LogP contribution in [0.15, 0.2) is 34.9 Å². The summed E-state index contributed by atoms with van der Waals surface area (Å²) in [4.78, 5) is 19.9. The molecule has 2 aliphatic rings. The Morgan fingerprint density at radius 1 is 1.03 bits per heavy atom. The highest BCUT2D eigenvalue weighted by atomic mass is 16.5. The lowest BCUT2D eigenvalue weighted by Gasteiger charge is -2.31. The Morgan fingerprint density at radius 2 is 1.80 bits per heavy atom. The summed E-state index contributed by atoms with van der Waals surface area (Å²) < 4.78 is 11.3. The molecule has 30 heavy (non-hydrogen) atoms. The quantitative estimate of drug-likeness (QED) is 0.588. The molecule has 1 aromatic carbocycles. The van der Waals surface area contributed by atoms with E-state index in [1.165, 1.54) is 0 Å². The van der Waals surface area contributed by atoms with E-state index >= 15 is 0 Å². The van der Waals surface area contributed by atoms with Gasteiger partial charge >= 0.3 is 0 Å². The van der Waals surface area contributed by atoms with Gasteiger partial charge < -0.3 is 14.1 Å². The van der Waals surface area contributed by atoms with Crippen molar-refractivity contribution in [3.63, 3.8) is 0 Å². The molecule has 0 atom stereocenters. The molecule has 0 spiro atoms. The van der Waals surface area contributed by atoms with E-state index in [9.17, 15) is 4.79 Å². The smallest absolute Gasteiger partial charge is 0.257 e. The van der Waals surface area contributed by atoms with Crippen LogP contribution in [0.25, 0.3) is 10.8 Å². The normalized spacial score (nSPS) is 17.5. The van der Waals surface area contributed by atoms with Crippen molar-refractivity contribution < 1.29 is 13.9 Å². The van der Waals surface area contributed by atoms with E-state index < -0.39 is 0 Å². The number of methoxy groups -OCH3 is 1. The number of rotatable bonds is 4. The third-order valence-corrected chi connectivity index (χ3v) is 6.52. The van der Waals surface area contributed by atoms with Crippen LogP contribution in [0.3, 0.4) is 0 Å². The number of nitrogens with zero attached hydrogens (tertiary/aromatic N) is 2. The number of ether oxygens (including phenoxy) is 1. The summed E-state index contributed by atoms with van der Waals surface area (Å²) >= 11 is 0. The number of aromatic nitrogens is 1. The number of carbonyl (C=O) groups is 1. The highest BCUT2D eigenvalue weighted by molar-refractivity contribution is 5.95. The van der Waals surface area contributed by atoms with Crippen molar-refractivity contribution >= 4 is 16.7 Å². The fraction of sp³-hybridized carbons (Fsp3) is 0.440. The monoisotopic (exact) mass is 404 g/mol. The van der Waals surface area contributed by atoms with Crippen molar-refractivity contribution in [2.45, 2.75) is 51.4 Å². The molecule has 3 aromatic rings. The van der Waals surface area contributed by atoms with E-state index in [1.54, 1.807) is 7.11 Å². The van der Waals surface area contributed by atoms with Crippen molar-refractivity contribution in [1.29, 1.82) is 0 Å². The molecule has 2 fully saturated rings. The van der Waals surface area contributed by atoms with Gasteiger partial charge in [-0.3, -0.25) is 9.78 Å². The van der Waals surface area contributed by atoms with Gasteiger partial charge in [0.2, 0.25) is 0 Å². The standard InChI is InChI=1S/C25H28N2O3/c1-15-10-20-14-26-22(12-19(20)13-23(15)29-3)17-6-8-27(9-7-17)25(28)21-11-16(2)30-24(21)18-4-5-18/h10-14,17-18H,4-9H2,1-3H3. The van der Waals surface area contributed by atoms with Crippen LogP contribution in [0.5, 0.6) is 5.75 Å². The molecule has 2 aromatic heterocycles. The minimum atomic E-state index is 0.124. The Balaban J connectivity index is 1.31. The molecule has 1 aliphatic heterocycles. The fourth-order valence-electron chi connectivity index (χ4n) is 4.64. The minimum absolute atomic E-state index is 0.124. The van der Waals surface area contributed by atoms with Gasteiger partial charge in [0.15, 0.2) is 0 Å². The highest BCUT2D eigenvalue weighted by Crippen LogP contribution is 2.43. The van der Waals surface area contributed by atoms with Gasteiger partial charge in [-0.2, -0.15) is 0 Å². The van der Waals surface area contributed by atoms with E-state index in [0.29, 0.717) is 11.8 Å².